The van der Waals surface area contributed by atoms with Gasteiger partial charge in [0.2, 0.25) is 0 Å². The number of carbonyl (C=O) groups is 1. The highest BCUT2D eigenvalue weighted by Gasteiger charge is 2.05. The number of benzene rings is 3. The Bertz CT molecular complexity index is 1090. The monoisotopic (exact) mass is 369 g/mol. The first-order valence-electron chi connectivity index (χ1n) is 8.93. The zero-order valence-corrected chi connectivity index (χ0v) is 15.1. The minimum Gasteiger partial charge on any atom is -0.365 e. The molecule has 6 nitrogen and oxygen atoms in total. The van der Waals surface area contributed by atoms with Gasteiger partial charge in [0, 0.05) is 23.3 Å². The number of para-hydroxylation sites is 2. The molecule has 0 fully saturated rings. The van der Waals surface area contributed by atoms with Crippen molar-refractivity contribution in [2.24, 2.45) is 0 Å². The number of anilines is 3. The van der Waals surface area contributed by atoms with Crippen molar-refractivity contribution in [2.75, 3.05) is 16.0 Å². The highest BCUT2D eigenvalue weighted by atomic mass is 16.2. The number of fused-ring (bicyclic) bond motifs is 1. The molecule has 2 amide bonds. The average Bonchev–Trinajstić information content (AvgIpc) is 2.73. The van der Waals surface area contributed by atoms with Crippen LogP contribution in [0.1, 0.15) is 5.56 Å². The molecule has 0 spiro atoms. The quantitative estimate of drug-likeness (QED) is 0.468. The minimum absolute atomic E-state index is 0.280. The fraction of sp³-hybridized carbons (Fsp3) is 0.0455. The third-order valence-corrected chi connectivity index (χ3v) is 4.22. The molecule has 4 rings (SSSR count). The fourth-order valence-electron chi connectivity index (χ4n) is 2.91. The van der Waals surface area contributed by atoms with E-state index in [1.807, 2.05) is 78.9 Å². The lowest BCUT2D eigenvalue weighted by Crippen LogP contribution is -2.19. The van der Waals surface area contributed by atoms with Gasteiger partial charge in [-0.05, 0) is 42.0 Å². The van der Waals surface area contributed by atoms with Gasteiger partial charge in [-0.25, -0.2) is 14.8 Å². The largest absolute Gasteiger partial charge is 0.365 e. The minimum atomic E-state index is -0.280. The lowest BCUT2D eigenvalue weighted by atomic mass is 10.2. The second kappa shape index (κ2) is 8.18. The van der Waals surface area contributed by atoms with Crippen LogP contribution in [-0.2, 0) is 6.54 Å². The van der Waals surface area contributed by atoms with Crippen LogP contribution in [0.3, 0.4) is 0 Å². The Morgan fingerprint density at radius 3 is 2.43 bits per heavy atom. The molecule has 6 heteroatoms. The Hall–Kier alpha value is -3.93. The van der Waals surface area contributed by atoms with Gasteiger partial charge < -0.3 is 16.0 Å². The molecule has 0 saturated heterocycles. The molecule has 4 aromatic rings. The number of amides is 2. The number of urea groups is 1. The summed E-state index contributed by atoms with van der Waals surface area (Å²) in [5.41, 5.74) is 3.39. The maximum atomic E-state index is 12.2. The number of hydrogen-bond acceptors (Lipinski definition) is 4. The molecule has 0 atom stereocenters. The van der Waals surface area contributed by atoms with Crippen molar-refractivity contribution in [3.63, 3.8) is 0 Å². The lowest BCUT2D eigenvalue weighted by molar-refractivity contribution is 0.262. The van der Waals surface area contributed by atoms with Crippen molar-refractivity contribution in [1.82, 2.24) is 9.97 Å². The Kier molecular flexibility index (Phi) is 5.11. The van der Waals surface area contributed by atoms with Gasteiger partial charge >= 0.3 is 6.03 Å². The Morgan fingerprint density at radius 1 is 0.786 bits per heavy atom. The molecule has 1 aromatic heterocycles. The maximum Gasteiger partial charge on any atom is 0.323 e. The molecule has 3 N–H and O–H groups in total. The van der Waals surface area contributed by atoms with Crippen LogP contribution in [0, 0.1) is 0 Å². The number of rotatable bonds is 5. The van der Waals surface area contributed by atoms with Crippen molar-refractivity contribution in [3.05, 3.63) is 90.8 Å². The van der Waals surface area contributed by atoms with Gasteiger partial charge in [-0.2, -0.15) is 0 Å². The van der Waals surface area contributed by atoms with Crippen molar-refractivity contribution in [2.45, 2.75) is 6.54 Å². The molecular weight excluding hydrogens is 350 g/mol. The molecule has 0 aliphatic carbocycles. The lowest BCUT2D eigenvalue weighted by Gasteiger charge is -2.11. The Morgan fingerprint density at radius 2 is 1.54 bits per heavy atom. The van der Waals surface area contributed by atoms with Crippen molar-refractivity contribution in [1.29, 1.82) is 0 Å². The summed E-state index contributed by atoms with van der Waals surface area (Å²) in [6.45, 7) is 0.580. The molecule has 28 heavy (non-hydrogen) atoms. The highest BCUT2D eigenvalue weighted by Crippen LogP contribution is 2.20. The van der Waals surface area contributed by atoms with Crippen LogP contribution in [-0.4, -0.2) is 16.0 Å². The summed E-state index contributed by atoms with van der Waals surface area (Å²) in [6, 6.07) is 24.6. The Labute approximate surface area is 162 Å². The van der Waals surface area contributed by atoms with E-state index in [9.17, 15) is 4.79 Å². The summed E-state index contributed by atoms with van der Waals surface area (Å²) in [7, 11) is 0. The molecule has 0 aliphatic heterocycles. The molecule has 0 aliphatic rings. The van der Waals surface area contributed by atoms with E-state index in [1.54, 1.807) is 6.33 Å². The number of nitrogens with one attached hydrogen (secondary N) is 3. The van der Waals surface area contributed by atoms with Crippen LogP contribution in [0.15, 0.2) is 85.2 Å². The van der Waals surface area contributed by atoms with Crippen LogP contribution in [0.2, 0.25) is 0 Å². The zero-order valence-electron chi connectivity index (χ0n) is 15.1. The fourth-order valence-corrected chi connectivity index (χ4v) is 2.91. The van der Waals surface area contributed by atoms with E-state index in [-0.39, 0.29) is 6.03 Å². The average molecular weight is 369 g/mol. The van der Waals surface area contributed by atoms with Gasteiger partial charge in [-0.15, -0.1) is 0 Å². The SMILES string of the molecule is O=C(Nc1ccccc1)Nc1cccc(CNc2ncnc3ccccc23)c1. The van der Waals surface area contributed by atoms with Gasteiger partial charge in [0.15, 0.2) is 0 Å². The van der Waals surface area contributed by atoms with Crippen LogP contribution >= 0.6 is 0 Å². The predicted molar refractivity (Wildman–Crippen MR) is 112 cm³/mol. The first-order chi connectivity index (χ1) is 13.8. The standard InChI is InChI=1S/C22H19N5O/c28-22(26-17-8-2-1-3-9-17)27-18-10-6-7-16(13-18)14-23-21-19-11-4-5-12-20(19)24-15-25-21/h1-13,15H,14H2,(H,23,24,25)(H2,26,27,28). The summed E-state index contributed by atoms with van der Waals surface area (Å²) in [5, 5.41) is 9.98. The van der Waals surface area contributed by atoms with Crippen LogP contribution < -0.4 is 16.0 Å². The van der Waals surface area contributed by atoms with Gasteiger partial charge in [0.1, 0.15) is 12.1 Å². The van der Waals surface area contributed by atoms with E-state index in [2.05, 4.69) is 25.9 Å². The van der Waals surface area contributed by atoms with Crippen LogP contribution in [0.25, 0.3) is 10.9 Å². The van der Waals surface area contributed by atoms with Crippen LogP contribution in [0.5, 0.6) is 0 Å². The molecule has 0 unspecified atom stereocenters. The van der Waals surface area contributed by atoms with E-state index >= 15 is 0 Å². The predicted octanol–water partition coefficient (Wildman–Crippen LogP) is 4.89. The second-order valence-electron chi connectivity index (χ2n) is 6.24. The van der Waals surface area contributed by atoms with Gasteiger partial charge in [-0.1, -0.05) is 42.5 Å². The van der Waals surface area contributed by atoms with E-state index in [1.165, 1.54) is 0 Å². The van der Waals surface area contributed by atoms with Crippen molar-refractivity contribution in [3.8, 4) is 0 Å². The molecule has 0 radical (unpaired) electrons. The summed E-state index contributed by atoms with van der Waals surface area (Å²) in [4.78, 5) is 20.8. The third-order valence-electron chi connectivity index (χ3n) is 4.22. The number of aromatic nitrogens is 2. The Balaban J connectivity index is 1.41. The molecule has 1 heterocycles. The molecular formula is C22H19N5O. The number of nitrogens with zero attached hydrogens (tertiary/aromatic N) is 2. The van der Waals surface area contributed by atoms with Crippen LogP contribution in [0.4, 0.5) is 22.0 Å². The zero-order chi connectivity index (χ0) is 19.2. The molecule has 138 valence electrons. The second-order valence-corrected chi connectivity index (χ2v) is 6.24. The summed E-state index contributed by atoms with van der Waals surface area (Å²) in [6.07, 6.45) is 1.55. The number of hydrogen-bond donors (Lipinski definition) is 3. The van der Waals surface area contributed by atoms with E-state index in [0.717, 1.165) is 33.7 Å². The van der Waals surface area contributed by atoms with Gasteiger partial charge in [0.05, 0.1) is 5.52 Å². The first-order valence-corrected chi connectivity index (χ1v) is 8.93. The normalized spacial score (nSPS) is 10.4. The summed E-state index contributed by atoms with van der Waals surface area (Å²) in [5.74, 6) is 0.783. The van der Waals surface area contributed by atoms with Gasteiger partial charge in [-0.3, -0.25) is 0 Å². The number of carbonyl (C=O) groups excluding carboxylic acids is 1. The topological polar surface area (TPSA) is 78.9 Å². The van der Waals surface area contributed by atoms with E-state index < -0.39 is 0 Å². The summed E-state index contributed by atoms with van der Waals surface area (Å²) < 4.78 is 0. The first kappa shape index (κ1) is 17.5. The van der Waals surface area contributed by atoms with Crippen molar-refractivity contribution >= 4 is 34.1 Å². The third kappa shape index (κ3) is 4.24. The van der Waals surface area contributed by atoms with Crippen molar-refractivity contribution < 1.29 is 4.79 Å². The molecule has 3 aromatic carbocycles. The van der Waals surface area contributed by atoms with E-state index in [0.29, 0.717) is 6.54 Å². The summed E-state index contributed by atoms with van der Waals surface area (Å²) >= 11 is 0. The molecule has 0 bridgehead atoms. The maximum absolute atomic E-state index is 12.2. The van der Waals surface area contributed by atoms with Gasteiger partial charge in [0.25, 0.3) is 0 Å². The molecule has 0 saturated carbocycles. The van der Waals surface area contributed by atoms with E-state index in [4.69, 9.17) is 0 Å². The smallest absolute Gasteiger partial charge is 0.323 e. The highest BCUT2D eigenvalue weighted by molar-refractivity contribution is 5.99.